The first-order chi connectivity index (χ1) is 7.78. The highest BCUT2D eigenvalue weighted by molar-refractivity contribution is 7.89. The molecule has 0 saturated carbocycles. The van der Waals surface area contributed by atoms with Crippen LogP contribution in [0.2, 0.25) is 0 Å². The topological polar surface area (TPSA) is 88.3 Å². The van der Waals surface area contributed by atoms with Crippen molar-refractivity contribution in [3.05, 3.63) is 28.7 Å². The van der Waals surface area contributed by atoms with Gasteiger partial charge in [0, 0.05) is 25.6 Å². The third-order valence-electron chi connectivity index (χ3n) is 1.99. The quantitative estimate of drug-likeness (QED) is 0.784. The summed E-state index contributed by atoms with van der Waals surface area (Å²) >= 11 is 0. The second-order valence-electron chi connectivity index (χ2n) is 4.30. The summed E-state index contributed by atoms with van der Waals surface area (Å²) in [5, 5.41) is 0. The molecule has 0 spiro atoms. The third-order valence-corrected chi connectivity index (χ3v) is 3.71. The fourth-order valence-electron chi connectivity index (χ4n) is 1.42. The number of aromatic nitrogens is 1. The SMILES string of the molecule is COCC(C)(C)NS(=O)(=O)c1c[nH]ccc1=O. The third kappa shape index (κ3) is 3.65. The van der Waals surface area contributed by atoms with E-state index in [1.165, 1.54) is 13.3 Å². The van der Waals surface area contributed by atoms with Crippen molar-refractivity contribution in [2.45, 2.75) is 24.3 Å². The molecule has 1 rings (SSSR count). The van der Waals surface area contributed by atoms with Crippen molar-refractivity contribution in [2.24, 2.45) is 0 Å². The lowest BCUT2D eigenvalue weighted by Gasteiger charge is -2.24. The molecule has 0 fully saturated rings. The van der Waals surface area contributed by atoms with Crippen molar-refractivity contribution in [1.82, 2.24) is 9.71 Å². The number of nitrogens with one attached hydrogen (secondary N) is 2. The van der Waals surface area contributed by atoms with Gasteiger partial charge in [0.25, 0.3) is 0 Å². The Morgan fingerprint density at radius 2 is 2.12 bits per heavy atom. The van der Waals surface area contributed by atoms with Gasteiger partial charge in [0.2, 0.25) is 15.5 Å². The Kier molecular flexibility index (Phi) is 4.07. The first kappa shape index (κ1) is 13.9. The van der Waals surface area contributed by atoms with Crippen LogP contribution in [0.25, 0.3) is 0 Å². The van der Waals surface area contributed by atoms with E-state index in [-0.39, 0.29) is 11.5 Å². The molecule has 17 heavy (non-hydrogen) atoms. The highest BCUT2D eigenvalue weighted by Crippen LogP contribution is 2.09. The van der Waals surface area contributed by atoms with Crippen molar-refractivity contribution in [3.8, 4) is 0 Å². The van der Waals surface area contributed by atoms with Gasteiger partial charge in [-0.1, -0.05) is 0 Å². The standard InChI is InChI=1S/C10H16N2O4S/c1-10(2,7-16-3)12-17(14,15)9-6-11-5-4-8(9)13/h4-6,12H,7H2,1-3H3,(H,11,13). The van der Waals surface area contributed by atoms with Crippen molar-refractivity contribution in [2.75, 3.05) is 13.7 Å². The Hall–Kier alpha value is -1.18. The summed E-state index contributed by atoms with van der Waals surface area (Å²) in [6.07, 6.45) is 2.54. The van der Waals surface area contributed by atoms with Gasteiger partial charge in [-0.2, -0.15) is 0 Å². The van der Waals surface area contributed by atoms with Gasteiger partial charge in [-0.15, -0.1) is 0 Å². The van der Waals surface area contributed by atoms with E-state index in [1.807, 2.05) is 0 Å². The van der Waals surface area contributed by atoms with Crippen LogP contribution in [0.1, 0.15) is 13.8 Å². The molecule has 0 bridgehead atoms. The zero-order chi connectivity index (χ0) is 13.1. The zero-order valence-electron chi connectivity index (χ0n) is 9.98. The van der Waals surface area contributed by atoms with Crippen LogP contribution >= 0.6 is 0 Å². The minimum atomic E-state index is -3.84. The van der Waals surface area contributed by atoms with Gasteiger partial charge in [0.05, 0.1) is 12.1 Å². The molecule has 0 aliphatic heterocycles. The molecule has 1 aromatic rings. The maximum atomic E-state index is 12.0. The molecular formula is C10H16N2O4S. The molecule has 0 saturated heterocycles. The Morgan fingerprint density at radius 1 is 1.47 bits per heavy atom. The van der Waals surface area contributed by atoms with Crippen LogP contribution in [0.15, 0.2) is 28.2 Å². The van der Waals surface area contributed by atoms with Gasteiger partial charge in [0.15, 0.2) is 0 Å². The predicted octanol–water partition coefficient (Wildman–Crippen LogP) is 0.0782. The van der Waals surface area contributed by atoms with Crippen molar-refractivity contribution in [3.63, 3.8) is 0 Å². The minimum absolute atomic E-state index is 0.205. The fraction of sp³-hybridized carbons (Fsp3) is 0.500. The Bertz CT molecular complexity index is 533. The van der Waals surface area contributed by atoms with E-state index < -0.39 is 21.0 Å². The molecule has 96 valence electrons. The lowest BCUT2D eigenvalue weighted by Crippen LogP contribution is -2.47. The normalized spacial score (nSPS) is 12.6. The first-order valence-corrected chi connectivity index (χ1v) is 6.47. The molecule has 1 aromatic heterocycles. The van der Waals surface area contributed by atoms with E-state index in [9.17, 15) is 13.2 Å². The van der Waals surface area contributed by atoms with E-state index >= 15 is 0 Å². The van der Waals surface area contributed by atoms with Crippen LogP contribution in [-0.2, 0) is 14.8 Å². The van der Waals surface area contributed by atoms with E-state index in [1.54, 1.807) is 13.8 Å². The molecule has 0 atom stereocenters. The number of sulfonamides is 1. The molecule has 0 unspecified atom stereocenters. The van der Waals surface area contributed by atoms with Crippen LogP contribution in [0.5, 0.6) is 0 Å². The fourth-order valence-corrected chi connectivity index (χ4v) is 2.87. The molecule has 1 heterocycles. The number of hydrogen-bond acceptors (Lipinski definition) is 4. The highest BCUT2D eigenvalue weighted by atomic mass is 32.2. The van der Waals surface area contributed by atoms with Crippen molar-refractivity contribution >= 4 is 10.0 Å². The Balaban J connectivity index is 3.06. The maximum Gasteiger partial charge on any atom is 0.246 e. The molecule has 2 N–H and O–H groups in total. The van der Waals surface area contributed by atoms with Gasteiger partial charge in [-0.25, -0.2) is 13.1 Å². The van der Waals surface area contributed by atoms with Gasteiger partial charge >= 0.3 is 0 Å². The average Bonchev–Trinajstić information content (AvgIpc) is 2.15. The number of pyridine rings is 1. The molecule has 0 aliphatic rings. The summed E-state index contributed by atoms with van der Waals surface area (Å²) in [5.41, 5.74) is -1.33. The highest BCUT2D eigenvalue weighted by Gasteiger charge is 2.27. The largest absolute Gasteiger partial charge is 0.383 e. The summed E-state index contributed by atoms with van der Waals surface area (Å²) in [4.78, 5) is 13.7. The van der Waals surface area contributed by atoms with Gasteiger partial charge in [-0.3, -0.25) is 4.79 Å². The first-order valence-electron chi connectivity index (χ1n) is 4.98. The maximum absolute atomic E-state index is 12.0. The smallest absolute Gasteiger partial charge is 0.246 e. The van der Waals surface area contributed by atoms with E-state index in [0.29, 0.717) is 0 Å². The molecule has 0 amide bonds. The molecule has 0 aromatic carbocycles. The van der Waals surface area contributed by atoms with Gasteiger partial charge in [0.1, 0.15) is 4.90 Å². The summed E-state index contributed by atoms with van der Waals surface area (Å²) < 4.78 is 31.2. The second kappa shape index (κ2) is 4.99. The van der Waals surface area contributed by atoms with Crippen LogP contribution in [0, 0.1) is 0 Å². The second-order valence-corrected chi connectivity index (χ2v) is 5.95. The summed E-state index contributed by atoms with van der Waals surface area (Å²) in [6.45, 7) is 3.55. The zero-order valence-corrected chi connectivity index (χ0v) is 10.8. The number of H-pyrrole nitrogens is 1. The number of methoxy groups -OCH3 is 1. The average molecular weight is 260 g/mol. The summed E-state index contributed by atoms with van der Waals surface area (Å²) in [7, 11) is -2.37. The number of rotatable bonds is 5. The van der Waals surface area contributed by atoms with E-state index in [0.717, 1.165) is 12.3 Å². The number of aromatic amines is 1. The van der Waals surface area contributed by atoms with Crippen LogP contribution in [-0.4, -0.2) is 32.7 Å². The predicted molar refractivity (Wildman–Crippen MR) is 63.3 cm³/mol. The molecule has 0 radical (unpaired) electrons. The van der Waals surface area contributed by atoms with Crippen molar-refractivity contribution < 1.29 is 13.2 Å². The molecule has 6 nitrogen and oxygen atoms in total. The molecule has 0 aliphatic carbocycles. The van der Waals surface area contributed by atoms with Gasteiger partial charge < -0.3 is 9.72 Å². The minimum Gasteiger partial charge on any atom is -0.383 e. The summed E-state index contributed by atoms with van der Waals surface area (Å²) in [5.74, 6) is 0. The van der Waals surface area contributed by atoms with E-state index in [4.69, 9.17) is 4.74 Å². The number of hydrogen-bond donors (Lipinski definition) is 2. The van der Waals surface area contributed by atoms with Gasteiger partial charge in [-0.05, 0) is 13.8 Å². The molecule has 7 heteroatoms. The lowest BCUT2D eigenvalue weighted by atomic mass is 10.1. The van der Waals surface area contributed by atoms with E-state index in [2.05, 4.69) is 9.71 Å². The Labute approximate surface area is 100 Å². The molecular weight excluding hydrogens is 244 g/mol. The van der Waals surface area contributed by atoms with Crippen molar-refractivity contribution in [1.29, 1.82) is 0 Å². The van der Waals surface area contributed by atoms with Crippen LogP contribution < -0.4 is 10.2 Å². The lowest BCUT2D eigenvalue weighted by molar-refractivity contribution is 0.141. The monoisotopic (exact) mass is 260 g/mol. The number of ether oxygens (including phenoxy) is 1. The summed E-state index contributed by atoms with van der Waals surface area (Å²) in [6, 6.07) is 1.16. The Morgan fingerprint density at radius 3 is 2.65 bits per heavy atom. The van der Waals surface area contributed by atoms with Crippen LogP contribution in [0.4, 0.5) is 0 Å². The van der Waals surface area contributed by atoms with Crippen LogP contribution in [0.3, 0.4) is 0 Å².